The molecule has 0 saturated heterocycles. The van der Waals surface area contributed by atoms with Crippen molar-refractivity contribution in [3.05, 3.63) is 29.3 Å². The molecule has 2 atom stereocenters. The maximum absolute atomic E-state index is 9.71. The van der Waals surface area contributed by atoms with Gasteiger partial charge in [-0.25, -0.2) is 4.99 Å². The number of hydrogen-bond acceptors (Lipinski definition) is 4. The minimum absolute atomic E-state index is 0. The van der Waals surface area contributed by atoms with E-state index in [1.165, 1.54) is 0 Å². The summed E-state index contributed by atoms with van der Waals surface area (Å²) in [5.74, 6) is 0.740. The van der Waals surface area contributed by atoms with Crippen LogP contribution >= 0.6 is 0 Å². The Morgan fingerprint density at radius 3 is 2.89 bits per heavy atom. The molecule has 2 unspecified atom stereocenters. The number of ether oxygens (including phenoxy) is 1. The quantitative estimate of drug-likeness (QED) is 0.718. The Morgan fingerprint density at radius 1 is 1.50 bits per heavy atom. The summed E-state index contributed by atoms with van der Waals surface area (Å²) in [6.07, 6.45) is 0.189. The van der Waals surface area contributed by atoms with Gasteiger partial charge in [0.25, 0.3) is 0 Å². The Hall–Kier alpha value is -0.108. The molecule has 1 heterocycles. The third-order valence-electron chi connectivity index (χ3n) is 3.07. The maximum atomic E-state index is 9.71. The van der Waals surface area contributed by atoms with Crippen molar-refractivity contribution in [3.8, 4) is 5.75 Å². The van der Waals surface area contributed by atoms with Gasteiger partial charge >= 0.3 is 0 Å². The zero-order valence-electron chi connectivity index (χ0n) is 10.6. The second kappa shape index (κ2) is 6.88. The van der Waals surface area contributed by atoms with Crippen molar-refractivity contribution < 1.29 is 59.0 Å². The SMILES string of the molecule is CCC(O)C1COC(c2cccc(O)c2C)=N1.[Ac]. The molecule has 95 valence electrons. The summed E-state index contributed by atoms with van der Waals surface area (Å²) >= 11 is 0. The molecule has 0 amide bonds. The molecule has 0 aliphatic carbocycles. The Bertz CT molecular complexity index is 448. The van der Waals surface area contributed by atoms with Gasteiger partial charge in [-0.15, -0.1) is 0 Å². The van der Waals surface area contributed by atoms with Crippen LogP contribution < -0.4 is 0 Å². The molecule has 1 radical (unpaired) electrons. The molecule has 18 heavy (non-hydrogen) atoms. The molecule has 0 spiro atoms. The predicted molar refractivity (Wildman–Crippen MR) is 65.4 cm³/mol. The molecule has 1 aromatic carbocycles. The third kappa shape index (κ3) is 3.26. The monoisotopic (exact) mass is 462 g/mol. The van der Waals surface area contributed by atoms with Gasteiger partial charge in [0.1, 0.15) is 18.4 Å². The molecule has 1 aromatic rings. The van der Waals surface area contributed by atoms with Gasteiger partial charge < -0.3 is 14.9 Å². The van der Waals surface area contributed by atoms with E-state index >= 15 is 0 Å². The Labute approximate surface area is 143 Å². The number of benzene rings is 1. The standard InChI is InChI=1S/C13H17NO3.Ac/c1-3-11(15)10-7-17-13(14-10)9-5-4-6-12(16)8(9)2;/h4-6,10-11,15-16H,3,7H2,1-2H3;. The van der Waals surface area contributed by atoms with Crippen LogP contribution in [-0.2, 0) is 4.74 Å². The van der Waals surface area contributed by atoms with Crippen LogP contribution in [0.25, 0.3) is 0 Å². The first kappa shape index (κ1) is 15.9. The first-order chi connectivity index (χ1) is 8.13. The fourth-order valence-electron chi connectivity index (χ4n) is 1.86. The van der Waals surface area contributed by atoms with Gasteiger partial charge in [-0.2, -0.15) is 0 Å². The zero-order chi connectivity index (χ0) is 12.4. The molecule has 0 bridgehead atoms. The molecular weight excluding hydrogens is 445 g/mol. The minimum Gasteiger partial charge on any atom is -0.508 e. The van der Waals surface area contributed by atoms with Crippen LogP contribution in [0.3, 0.4) is 0 Å². The van der Waals surface area contributed by atoms with Crippen LogP contribution in [0.5, 0.6) is 5.75 Å². The van der Waals surface area contributed by atoms with Gasteiger partial charge in [-0.05, 0) is 25.5 Å². The second-order valence-corrected chi connectivity index (χ2v) is 4.24. The number of rotatable bonds is 3. The van der Waals surface area contributed by atoms with Crippen molar-refractivity contribution in [2.75, 3.05) is 6.61 Å². The van der Waals surface area contributed by atoms with Crippen molar-refractivity contribution in [3.63, 3.8) is 0 Å². The van der Waals surface area contributed by atoms with Gasteiger partial charge in [0.2, 0.25) is 5.90 Å². The van der Waals surface area contributed by atoms with E-state index in [0.717, 1.165) is 11.1 Å². The number of phenolic OH excluding ortho intramolecular Hbond substituents is 1. The van der Waals surface area contributed by atoms with Crippen molar-refractivity contribution in [2.24, 2.45) is 4.99 Å². The summed E-state index contributed by atoms with van der Waals surface area (Å²) in [7, 11) is 0. The Morgan fingerprint density at radius 2 is 2.22 bits per heavy atom. The molecule has 2 rings (SSSR count). The van der Waals surface area contributed by atoms with Gasteiger partial charge in [-0.1, -0.05) is 13.0 Å². The molecule has 0 aromatic heterocycles. The largest absolute Gasteiger partial charge is 0.508 e. The third-order valence-corrected chi connectivity index (χ3v) is 3.07. The first-order valence-electron chi connectivity index (χ1n) is 5.81. The van der Waals surface area contributed by atoms with E-state index in [1.807, 2.05) is 19.9 Å². The fourth-order valence-corrected chi connectivity index (χ4v) is 1.86. The summed E-state index contributed by atoms with van der Waals surface area (Å²) in [4.78, 5) is 4.36. The van der Waals surface area contributed by atoms with Crippen LogP contribution in [0.2, 0.25) is 0 Å². The minimum atomic E-state index is -0.467. The number of aliphatic imine (C=N–C) groups is 1. The number of aliphatic hydroxyl groups excluding tert-OH is 1. The maximum Gasteiger partial charge on any atom is 0.217 e. The molecule has 1 aliphatic heterocycles. The average Bonchev–Trinajstić information content (AvgIpc) is 2.81. The van der Waals surface area contributed by atoms with Crippen LogP contribution in [0.15, 0.2) is 23.2 Å². The normalized spacial score (nSPS) is 19.7. The Balaban J connectivity index is 0.00000162. The van der Waals surface area contributed by atoms with Crippen LogP contribution in [-0.4, -0.2) is 34.9 Å². The molecule has 0 fully saturated rings. The summed E-state index contributed by atoms with van der Waals surface area (Å²) in [6.45, 7) is 4.14. The summed E-state index contributed by atoms with van der Waals surface area (Å²) in [5.41, 5.74) is 1.54. The number of aromatic hydroxyl groups is 1. The smallest absolute Gasteiger partial charge is 0.217 e. The van der Waals surface area contributed by atoms with Gasteiger partial charge in [-0.3, -0.25) is 0 Å². The number of aliphatic hydroxyl groups is 1. The first-order valence-corrected chi connectivity index (χ1v) is 5.81. The van der Waals surface area contributed by atoms with Crippen molar-refractivity contribution in [2.45, 2.75) is 32.4 Å². The fraction of sp³-hybridized carbons (Fsp3) is 0.462. The van der Waals surface area contributed by atoms with Gasteiger partial charge in [0, 0.05) is 55.2 Å². The topological polar surface area (TPSA) is 62.0 Å². The van der Waals surface area contributed by atoms with Crippen molar-refractivity contribution in [1.82, 2.24) is 0 Å². The Kier molecular flexibility index (Phi) is 6.10. The van der Waals surface area contributed by atoms with E-state index < -0.39 is 6.10 Å². The van der Waals surface area contributed by atoms with E-state index in [-0.39, 0.29) is 55.9 Å². The zero-order valence-corrected chi connectivity index (χ0v) is 15.4. The van der Waals surface area contributed by atoms with E-state index in [1.54, 1.807) is 12.1 Å². The molecule has 0 saturated carbocycles. The number of hydrogen-bond donors (Lipinski definition) is 2. The van der Waals surface area contributed by atoms with Crippen LogP contribution in [0.4, 0.5) is 0 Å². The molecule has 1 aliphatic rings. The summed E-state index contributed by atoms with van der Waals surface area (Å²) < 4.78 is 5.49. The van der Waals surface area contributed by atoms with Crippen LogP contribution in [0.1, 0.15) is 24.5 Å². The molecule has 2 N–H and O–H groups in total. The second-order valence-electron chi connectivity index (χ2n) is 4.24. The van der Waals surface area contributed by atoms with Crippen LogP contribution in [0, 0.1) is 51.0 Å². The van der Waals surface area contributed by atoms with E-state index in [0.29, 0.717) is 18.9 Å². The van der Waals surface area contributed by atoms with E-state index in [9.17, 15) is 10.2 Å². The molecule has 5 heteroatoms. The summed E-state index contributed by atoms with van der Waals surface area (Å²) in [6, 6.07) is 5.05. The molecular formula is C13H17AcNO3. The average molecular weight is 462 g/mol. The van der Waals surface area contributed by atoms with Crippen molar-refractivity contribution >= 4 is 5.90 Å². The number of nitrogens with zero attached hydrogens (tertiary/aromatic N) is 1. The van der Waals surface area contributed by atoms with E-state index in [4.69, 9.17) is 4.74 Å². The van der Waals surface area contributed by atoms with Crippen molar-refractivity contribution in [1.29, 1.82) is 0 Å². The molecule has 4 nitrogen and oxygen atoms in total. The summed E-state index contributed by atoms with van der Waals surface area (Å²) in [5, 5.41) is 19.3. The predicted octanol–water partition coefficient (Wildman–Crippen LogP) is 1.62. The van der Waals surface area contributed by atoms with Gasteiger partial charge in [0.05, 0.1) is 6.10 Å². The van der Waals surface area contributed by atoms with E-state index in [2.05, 4.69) is 4.99 Å². The van der Waals surface area contributed by atoms with Gasteiger partial charge in [0.15, 0.2) is 0 Å². The number of phenols is 1.